The third-order valence-corrected chi connectivity index (χ3v) is 3.67. The average Bonchev–Trinajstić information content (AvgIpc) is 2.54. The summed E-state index contributed by atoms with van der Waals surface area (Å²) in [6.07, 6.45) is -2.25. The van der Waals surface area contributed by atoms with Crippen LogP contribution in [0.3, 0.4) is 0 Å². The van der Waals surface area contributed by atoms with Crippen molar-refractivity contribution >= 4 is 17.7 Å². The van der Waals surface area contributed by atoms with E-state index in [1.165, 1.54) is 0 Å². The fourth-order valence-corrected chi connectivity index (χ4v) is 2.29. The molecule has 0 radical (unpaired) electrons. The van der Waals surface area contributed by atoms with Crippen LogP contribution in [0.15, 0.2) is 41.7 Å². The molecule has 4 nitrogen and oxygen atoms in total. The molecule has 0 fully saturated rings. The number of alkyl halides is 3. The van der Waals surface area contributed by atoms with Gasteiger partial charge in [0.2, 0.25) is 0 Å². The summed E-state index contributed by atoms with van der Waals surface area (Å²) in [5, 5.41) is 2.50. The summed E-state index contributed by atoms with van der Waals surface area (Å²) in [5.74, 6) is -0.860. The number of thioether (sulfide) groups is 1. The smallest absolute Gasteiger partial charge is 0.345 e. The SMILES string of the molecule is CSc1ncc(C(=O)NC(C)c2ccccc2)c(C(F)(F)F)n1. The van der Waals surface area contributed by atoms with Crippen LogP contribution in [0.5, 0.6) is 0 Å². The molecule has 1 amide bonds. The number of carbonyl (C=O) groups excluding carboxylic acids is 1. The van der Waals surface area contributed by atoms with E-state index >= 15 is 0 Å². The third-order valence-electron chi connectivity index (χ3n) is 3.11. The second kappa shape index (κ2) is 6.99. The Morgan fingerprint density at radius 1 is 1.26 bits per heavy atom. The molecule has 1 heterocycles. The molecule has 23 heavy (non-hydrogen) atoms. The van der Waals surface area contributed by atoms with Gasteiger partial charge in [-0.3, -0.25) is 4.79 Å². The highest BCUT2D eigenvalue weighted by atomic mass is 32.2. The number of rotatable bonds is 4. The van der Waals surface area contributed by atoms with E-state index in [1.807, 2.05) is 6.07 Å². The number of hydrogen-bond acceptors (Lipinski definition) is 4. The molecule has 0 saturated heterocycles. The lowest BCUT2D eigenvalue weighted by molar-refractivity contribution is -0.142. The van der Waals surface area contributed by atoms with Gasteiger partial charge in [-0.05, 0) is 18.7 Å². The van der Waals surface area contributed by atoms with Crippen molar-refractivity contribution in [3.8, 4) is 0 Å². The Morgan fingerprint density at radius 3 is 2.48 bits per heavy atom. The minimum absolute atomic E-state index is 0.0371. The first-order chi connectivity index (χ1) is 10.8. The van der Waals surface area contributed by atoms with Crippen LogP contribution >= 0.6 is 11.8 Å². The van der Waals surface area contributed by atoms with E-state index in [4.69, 9.17) is 0 Å². The lowest BCUT2D eigenvalue weighted by Gasteiger charge is -2.16. The molecular weight excluding hydrogens is 327 g/mol. The summed E-state index contributed by atoms with van der Waals surface area (Å²) in [6, 6.07) is 8.51. The van der Waals surface area contributed by atoms with Crippen LogP contribution in [0, 0.1) is 0 Å². The minimum atomic E-state index is -4.73. The van der Waals surface area contributed by atoms with Crippen LogP contribution in [-0.2, 0) is 6.18 Å². The van der Waals surface area contributed by atoms with Gasteiger partial charge < -0.3 is 5.32 Å². The standard InChI is InChI=1S/C15H14F3N3OS/c1-9(10-6-4-3-5-7-10)20-13(22)11-8-19-14(23-2)21-12(11)15(16,17)18/h3-9H,1-2H3,(H,20,22). The molecule has 1 aromatic heterocycles. The molecule has 122 valence electrons. The van der Waals surface area contributed by atoms with Crippen LogP contribution in [0.1, 0.15) is 34.6 Å². The van der Waals surface area contributed by atoms with Crippen molar-refractivity contribution < 1.29 is 18.0 Å². The lowest BCUT2D eigenvalue weighted by atomic mass is 10.1. The summed E-state index contributed by atoms with van der Waals surface area (Å²) in [6.45, 7) is 1.69. The Bertz CT molecular complexity index is 692. The lowest BCUT2D eigenvalue weighted by Crippen LogP contribution is -2.29. The van der Waals surface area contributed by atoms with E-state index in [0.29, 0.717) is 0 Å². The van der Waals surface area contributed by atoms with E-state index in [0.717, 1.165) is 23.5 Å². The predicted molar refractivity (Wildman–Crippen MR) is 81.1 cm³/mol. The highest BCUT2D eigenvalue weighted by Gasteiger charge is 2.38. The summed E-state index contributed by atoms with van der Waals surface area (Å²) >= 11 is 0.976. The van der Waals surface area contributed by atoms with Crippen LogP contribution in [0.4, 0.5) is 13.2 Å². The number of carbonyl (C=O) groups is 1. The Hall–Kier alpha value is -2.09. The zero-order valence-electron chi connectivity index (χ0n) is 12.4. The molecule has 2 rings (SSSR count). The largest absolute Gasteiger partial charge is 0.434 e. The predicted octanol–water partition coefficient (Wildman–Crippen LogP) is 3.71. The molecular formula is C15H14F3N3OS. The van der Waals surface area contributed by atoms with Crippen molar-refractivity contribution in [2.24, 2.45) is 0 Å². The highest BCUT2D eigenvalue weighted by Crippen LogP contribution is 2.31. The van der Waals surface area contributed by atoms with Gasteiger partial charge in [-0.15, -0.1) is 0 Å². The quantitative estimate of drug-likeness (QED) is 0.680. The summed E-state index contributed by atoms with van der Waals surface area (Å²) in [7, 11) is 0. The van der Waals surface area contributed by atoms with Gasteiger partial charge in [0.05, 0.1) is 11.6 Å². The summed E-state index contributed by atoms with van der Waals surface area (Å²) in [4.78, 5) is 19.4. The van der Waals surface area contributed by atoms with Crippen LogP contribution in [0.25, 0.3) is 0 Å². The zero-order valence-corrected chi connectivity index (χ0v) is 13.2. The molecule has 2 aromatic rings. The molecule has 8 heteroatoms. The number of halogens is 3. The third kappa shape index (κ3) is 4.22. The Labute approximate surface area is 135 Å². The Morgan fingerprint density at radius 2 is 1.91 bits per heavy atom. The van der Waals surface area contributed by atoms with Crippen molar-refractivity contribution in [3.63, 3.8) is 0 Å². The topological polar surface area (TPSA) is 54.9 Å². The average molecular weight is 341 g/mol. The van der Waals surface area contributed by atoms with Gasteiger partial charge in [0.15, 0.2) is 10.9 Å². The number of benzene rings is 1. The molecule has 1 aromatic carbocycles. The molecule has 0 aliphatic rings. The molecule has 0 aliphatic carbocycles. The molecule has 0 aliphatic heterocycles. The maximum absolute atomic E-state index is 13.1. The fraction of sp³-hybridized carbons (Fsp3) is 0.267. The minimum Gasteiger partial charge on any atom is -0.345 e. The van der Waals surface area contributed by atoms with Gasteiger partial charge in [-0.2, -0.15) is 13.2 Å². The van der Waals surface area contributed by atoms with Gasteiger partial charge in [-0.25, -0.2) is 9.97 Å². The molecule has 0 bridgehead atoms. The van der Waals surface area contributed by atoms with E-state index in [1.54, 1.807) is 37.4 Å². The number of nitrogens with zero attached hydrogens (tertiary/aromatic N) is 2. The fourth-order valence-electron chi connectivity index (χ4n) is 1.95. The highest BCUT2D eigenvalue weighted by molar-refractivity contribution is 7.98. The summed E-state index contributed by atoms with van der Waals surface area (Å²) in [5.41, 5.74) is -1.02. The maximum atomic E-state index is 13.1. The van der Waals surface area contributed by atoms with Crippen molar-refractivity contribution in [2.45, 2.75) is 24.3 Å². The normalized spacial score (nSPS) is 12.7. The number of nitrogens with one attached hydrogen (secondary N) is 1. The summed E-state index contributed by atoms with van der Waals surface area (Å²) < 4.78 is 39.3. The van der Waals surface area contributed by atoms with E-state index < -0.39 is 29.4 Å². The zero-order chi connectivity index (χ0) is 17.0. The molecule has 0 spiro atoms. The monoisotopic (exact) mass is 341 g/mol. The Balaban J connectivity index is 2.29. The van der Waals surface area contributed by atoms with Crippen molar-refractivity contribution in [3.05, 3.63) is 53.3 Å². The molecule has 1 atom stereocenters. The van der Waals surface area contributed by atoms with Gasteiger partial charge in [0.1, 0.15) is 0 Å². The van der Waals surface area contributed by atoms with Crippen molar-refractivity contribution in [1.29, 1.82) is 0 Å². The van der Waals surface area contributed by atoms with Gasteiger partial charge in [-0.1, -0.05) is 42.1 Å². The number of aromatic nitrogens is 2. The van der Waals surface area contributed by atoms with E-state index in [9.17, 15) is 18.0 Å². The second-order valence-corrected chi connectivity index (χ2v) is 5.50. The van der Waals surface area contributed by atoms with Crippen LogP contribution < -0.4 is 5.32 Å². The molecule has 1 N–H and O–H groups in total. The van der Waals surface area contributed by atoms with Gasteiger partial charge >= 0.3 is 6.18 Å². The Kier molecular flexibility index (Phi) is 5.25. The van der Waals surface area contributed by atoms with E-state index in [2.05, 4.69) is 15.3 Å². The maximum Gasteiger partial charge on any atom is 0.434 e. The van der Waals surface area contributed by atoms with Crippen LogP contribution in [0.2, 0.25) is 0 Å². The molecule has 1 unspecified atom stereocenters. The van der Waals surface area contributed by atoms with Crippen LogP contribution in [-0.4, -0.2) is 22.1 Å². The van der Waals surface area contributed by atoms with Gasteiger partial charge in [0.25, 0.3) is 5.91 Å². The number of hydrogen-bond donors (Lipinski definition) is 1. The van der Waals surface area contributed by atoms with E-state index in [-0.39, 0.29) is 5.16 Å². The number of amides is 1. The van der Waals surface area contributed by atoms with Crippen molar-refractivity contribution in [1.82, 2.24) is 15.3 Å². The van der Waals surface area contributed by atoms with Crippen molar-refractivity contribution in [2.75, 3.05) is 6.26 Å². The van der Waals surface area contributed by atoms with Gasteiger partial charge in [0, 0.05) is 6.20 Å². The first kappa shape index (κ1) is 17.3. The first-order valence-electron chi connectivity index (χ1n) is 6.67. The first-order valence-corrected chi connectivity index (χ1v) is 7.89. The molecule has 0 saturated carbocycles. The second-order valence-electron chi connectivity index (χ2n) is 4.72.